The van der Waals surface area contributed by atoms with Gasteiger partial charge in [-0.3, -0.25) is 4.98 Å². The van der Waals surface area contributed by atoms with Gasteiger partial charge in [0, 0.05) is 24.5 Å². The highest BCUT2D eigenvalue weighted by molar-refractivity contribution is 7.80. The fourth-order valence-electron chi connectivity index (χ4n) is 3.65. The van der Waals surface area contributed by atoms with Gasteiger partial charge in [-0.05, 0) is 55.2 Å². The maximum Gasteiger partial charge on any atom is 0.338 e. The molecule has 0 aliphatic heterocycles. The van der Waals surface area contributed by atoms with Crippen LogP contribution in [0.2, 0.25) is 5.02 Å². The van der Waals surface area contributed by atoms with Crippen LogP contribution in [0.5, 0.6) is 0 Å². The summed E-state index contributed by atoms with van der Waals surface area (Å²) in [6, 6.07) is 10.6. The summed E-state index contributed by atoms with van der Waals surface area (Å²) in [6.07, 6.45) is 6.80. The molecule has 1 saturated carbocycles. The Morgan fingerprint density at radius 2 is 2.08 bits per heavy atom. The number of aromatic nitrogens is 1. The predicted octanol–water partition coefficient (Wildman–Crippen LogP) is 4.32. The molecule has 1 fully saturated rings. The summed E-state index contributed by atoms with van der Waals surface area (Å²) < 4.78 is 5.97. The van der Waals surface area contributed by atoms with Crippen LogP contribution in [0, 0.1) is 0 Å². The number of benzene rings is 1. The van der Waals surface area contributed by atoms with E-state index in [9.17, 15) is 4.79 Å². The van der Waals surface area contributed by atoms with Crippen molar-refractivity contribution < 1.29 is 9.53 Å². The lowest BCUT2D eigenvalue weighted by molar-refractivity contribution is 0.00431. The van der Waals surface area contributed by atoms with Crippen LogP contribution in [0.25, 0.3) is 0 Å². The van der Waals surface area contributed by atoms with Crippen LogP contribution in [-0.4, -0.2) is 29.1 Å². The van der Waals surface area contributed by atoms with Crippen LogP contribution in [0.3, 0.4) is 0 Å². The molecule has 0 saturated heterocycles. The molecule has 1 aromatic heterocycles. The van der Waals surface area contributed by atoms with Crippen molar-refractivity contribution in [3.05, 3.63) is 64.9 Å². The highest BCUT2D eigenvalue weighted by Gasteiger charge is 2.48. The standard InChI is InChI=1S/C20H21ClN2O2S/c1-22-19(26)20(15-5-4-12-23-13-15)11-3-2-6-17(20)25-18(24)14-7-9-16(21)10-8-14/h4-5,7-10,12-13,17H,2-3,6,11H2,1H3,(H,22,26). The molecule has 0 amide bonds. The van der Waals surface area contributed by atoms with E-state index >= 15 is 0 Å². The third-order valence-electron chi connectivity index (χ3n) is 4.98. The second-order valence-electron chi connectivity index (χ2n) is 6.44. The van der Waals surface area contributed by atoms with Crippen LogP contribution >= 0.6 is 23.8 Å². The van der Waals surface area contributed by atoms with Gasteiger partial charge >= 0.3 is 5.97 Å². The molecule has 136 valence electrons. The first-order valence-corrected chi connectivity index (χ1v) is 9.46. The molecule has 1 aromatic carbocycles. The van der Waals surface area contributed by atoms with Crippen LogP contribution in [-0.2, 0) is 10.2 Å². The predicted molar refractivity (Wildman–Crippen MR) is 107 cm³/mol. The van der Waals surface area contributed by atoms with Crippen LogP contribution in [0.1, 0.15) is 41.6 Å². The summed E-state index contributed by atoms with van der Waals surface area (Å²) >= 11 is 11.6. The monoisotopic (exact) mass is 388 g/mol. The molecular weight excluding hydrogens is 368 g/mol. The normalized spacial score (nSPS) is 22.5. The minimum atomic E-state index is -0.557. The second-order valence-corrected chi connectivity index (χ2v) is 7.28. The molecule has 2 aromatic rings. The SMILES string of the molecule is CNC(=S)C1(c2cccnc2)CCCCC1OC(=O)c1ccc(Cl)cc1. The molecule has 0 bridgehead atoms. The molecule has 1 aliphatic carbocycles. The summed E-state index contributed by atoms with van der Waals surface area (Å²) in [4.78, 5) is 17.6. The van der Waals surface area contributed by atoms with Crippen molar-refractivity contribution in [3.63, 3.8) is 0 Å². The van der Waals surface area contributed by atoms with Crippen molar-refractivity contribution in [1.29, 1.82) is 0 Å². The van der Waals surface area contributed by atoms with E-state index in [1.54, 1.807) is 30.5 Å². The lowest BCUT2D eigenvalue weighted by Crippen LogP contribution is -2.53. The summed E-state index contributed by atoms with van der Waals surface area (Å²) in [7, 11) is 1.81. The number of esters is 1. The van der Waals surface area contributed by atoms with Gasteiger partial charge < -0.3 is 10.1 Å². The summed E-state index contributed by atoms with van der Waals surface area (Å²) in [5.74, 6) is -0.360. The van der Waals surface area contributed by atoms with Gasteiger partial charge in [0.2, 0.25) is 0 Å². The molecule has 4 nitrogen and oxygen atoms in total. The first-order chi connectivity index (χ1) is 12.6. The minimum Gasteiger partial charge on any atom is -0.457 e. The maximum absolute atomic E-state index is 12.7. The highest BCUT2D eigenvalue weighted by atomic mass is 35.5. The number of hydrogen-bond donors (Lipinski definition) is 1. The van der Waals surface area contributed by atoms with Crippen molar-refractivity contribution >= 4 is 34.8 Å². The lowest BCUT2D eigenvalue weighted by atomic mass is 9.67. The number of carbonyl (C=O) groups is 1. The zero-order chi connectivity index (χ0) is 18.6. The van der Waals surface area contributed by atoms with Crippen LogP contribution < -0.4 is 5.32 Å². The number of rotatable bonds is 4. The average Bonchev–Trinajstić information content (AvgIpc) is 2.69. The molecule has 3 rings (SSSR count). The molecule has 2 atom stereocenters. The van der Waals surface area contributed by atoms with E-state index in [1.165, 1.54) is 0 Å². The van der Waals surface area contributed by atoms with E-state index in [-0.39, 0.29) is 12.1 Å². The molecule has 0 radical (unpaired) electrons. The molecular formula is C20H21ClN2O2S. The zero-order valence-corrected chi connectivity index (χ0v) is 16.1. The number of nitrogens with one attached hydrogen (secondary N) is 1. The van der Waals surface area contributed by atoms with Gasteiger partial charge in [0.25, 0.3) is 0 Å². The van der Waals surface area contributed by atoms with Crippen LogP contribution in [0.15, 0.2) is 48.8 Å². The van der Waals surface area contributed by atoms with Crippen molar-refractivity contribution in [3.8, 4) is 0 Å². The smallest absolute Gasteiger partial charge is 0.338 e. The first kappa shape index (κ1) is 18.8. The highest BCUT2D eigenvalue weighted by Crippen LogP contribution is 2.42. The third-order valence-corrected chi connectivity index (χ3v) is 5.80. The minimum absolute atomic E-state index is 0.344. The number of carbonyl (C=O) groups excluding carboxylic acids is 1. The van der Waals surface area contributed by atoms with E-state index in [2.05, 4.69) is 10.3 Å². The Morgan fingerprint density at radius 1 is 1.31 bits per heavy atom. The number of hydrogen-bond acceptors (Lipinski definition) is 4. The van der Waals surface area contributed by atoms with Gasteiger partial charge in [-0.25, -0.2) is 4.79 Å². The van der Waals surface area contributed by atoms with Crippen molar-refractivity contribution in [2.75, 3.05) is 7.05 Å². The van der Waals surface area contributed by atoms with Gasteiger partial charge in [-0.1, -0.05) is 36.3 Å². The Morgan fingerprint density at radius 3 is 2.73 bits per heavy atom. The Hall–Kier alpha value is -1.98. The van der Waals surface area contributed by atoms with Crippen molar-refractivity contribution in [2.45, 2.75) is 37.2 Å². The third kappa shape index (κ3) is 3.60. The number of pyridine rings is 1. The average molecular weight is 389 g/mol. The fourth-order valence-corrected chi connectivity index (χ4v) is 4.13. The molecule has 1 heterocycles. The number of nitrogens with zero attached hydrogens (tertiary/aromatic N) is 1. The first-order valence-electron chi connectivity index (χ1n) is 8.67. The Kier molecular flexibility index (Phi) is 5.89. The van der Waals surface area contributed by atoms with Crippen LogP contribution in [0.4, 0.5) is 0 Å². The lowest BCUT2D eigenvalue weighted by Gasteiger charge is -2.43. The largest absolute Gasteiger partial charge is 0.457 e. The Labute approximate surface area is 163 Å². The van der Waals surface area contributed by atoms with Gasteiger partial charge in [-0.15, -0.1) is 0 Å². The van der Waals surface area contributed by atoms with E-state index in [4.69, 9.17) is 28.6 Å². The van der Waals surface area contributed by atoms with E-state index in [0.717, 1.165) is 31.2 Å². The number of ether oxygens (including phenoxy) is 1. The Balaban J connectivity index is 1.95. The van der Waals surface area contributed by atoms with Gasteiger partial charge in [-0.2, -0.15) is 0 Å². The topological polar surface area (TPSA) is 51.2 Å². The Bertz CT molecular complexity index is 782. The molecule has 2 unspecified atom stereocenters. The maximum atomic E-state index is 12.7. The molecule has 26 heavy (non-hydrogen) atoms. The summed E-state index contributed by atoms with van der Waals surface area (Å²) in [6.45, 7) is 0. The van der Waals surface area contributed by atoms with Gasteiger partial charge in [0.05, 0.1) is 16.0 Å². The molecule has 6 heteroatoms. The summed E-state index contributed by atoms with van der Waals surface area (Å²) in [5, 5.41) is 3.70. The summed E-state index contributed by atoms with van der Waals surface area (Å²) in [5.41, 5.74) is 0.905. The van der Waals surface area contributed by atoms with Crippen molar-refractivity contribution in [2.24, 2.45) is 0 Å². The van der Waals surface area contributed by atoms with E-state index < -0.39 is 5.41 Å². The number of likely N-dealkylation sites (N-methyl/N-ethyl adjacent to an activating group) is 1. The number of thiocarbonyl (C=S) groups is 1. The van der Waals surface area contributed by atoms with E-state index in [1.807, 2.05) is 25.4 Å². The molecule has 1 aliphatic rings. The molecule has 1 N–H and O–H groups in total. The fraction of sp³-hybridized carbons (Fsp3) is 0.350. The van der Waals surface area contributed by atoms with Gasteiger partial charge in [0.1, 0.15) is 6.10 Å². The zero-order valence-electron chi connectivity index (χ0n) is 14.6. The van der Waals surface area contributed by atoms with Gasteiger partial charge in [0.15, 0.2) is 0 Å². The molecule has 0 spiro atoms. The number of halogens is 1. The van der Waals surface area contributed by atoms with Crippen molar-refractivity contribution in [1.82, 2.24) is 10.3 Å². The quantitative estimate of drug-likeness (QED) is 0.624. The second kappa shape index (κ2) is 8.14. The van der Waals surface area contributed by atoms with E-state index in [0.29, 0.717) is 15.6 Å².